The van der Waals surface area contributed by atoms with Crippen LogP contribution in [0.1, 0.15) is 37.3 Å². The summed E-state index contributed by atoms with van der Waals surface area (Å²) < 4.78 is 13.4. The second-order valence-corrected chi connectivity index (χ2v) is 5.75. The van der Waals surface area contributed by atoms with Crippen molar-refractivity contribution in [3.8, 4) is 0 Å². The minimum Gasteiger partial charge on any atom is -0.351 e. The van der Waals surface area contributed by atoms with E-state index in [1.807, 2.05) is 14.1 Å². The zero-order chi connectivity index (χ0) is 15.2. The maximum atomic E-state index is 13.4. The van der Waals surface area contributed by atoms with Crippen LogP contribution in [0.15, 0.2) is 35.9 Å². The Hall–Kier alpha value is -1.68. The maximum absolute atomic E-state index is 13.4. The Labute approximate surface area is 125 Å². The summed E-state index contributed by atoms with van der Waals surface area (Å²) in [4.78, 5) is 14.2. The predicted octanol–water partition coefficient (Wildman–Crippen LogP) is 3.05. The molecular formula is C17H23FN2O. The van der Waals surface area contributed by atoms with E-state index >= 15 is 0 Å². The molecule has 1 unspecified atom stereocenters. The van der Waals surface area contributed by atoms with Crippen molar-refractivity contribution in [3.05, 3.63) is 47.3 Å². The Morgan fingerprint density at radius 2 is 2.19 bits per heavy atom. The van der Waals surface area contributed by atoms with Crippen molar-refractivity contribution < 1.29 is 9.18 Å². The van der Waals surface area contributed by atoms with Gasteiger partial charge in [-0.25, -0.2) is 4.39 Å². The average Bonchev–Trinajstić information content (AvgIpc) is 2.46. The summed E-state index contributed by atoms with van der Waals surface area (Å²) in [6.07, 6.45) is 6.82. The third-order valence-corrected chi connectivity index (χ3v) is 3.80. The van der Waals surface area contributed by atoms with E-state index in [-0.39, 0.29) is 11.7 Å². The summed E-state index contributed by atoms with van der Waals surface area (Å²) in [5.74, 6) is -0.404. The van der Waals surface area contributed by atoms with Gasteiger partial charge in [0.15, 0.2) is 0 Å². The number of carbonyl (C=O) groups excluding carboxylic acids is 1. The fourth-order valence-corrected chi connectivity index (χ4v) is 2.72. The summed E-state index contributed by atoms with van der Waals surface area (Å²) in [6, 6.07) is 5.76. The first-order chi connectivity index (χ1) is 10.1. The van der Waals surface area contributed by atoms with Gasteiger partial charge in [-0.2, -0.15) is 0 Å². The van der Waals surface area contributed by atoms with Gasteiger partial charge >= 0.3 is 0 Å². The fourth-order valence-electron chi connectivity index (χ4n) is 2.72. The van der Waals surface area contributed by atoms with Crippen molar-refractivity contribution in [3.63, 3.8) is 0 Å². The van der Waals surface area contributed by atoms with Crippen molar-refractivity contribution in [2.75, 3.05) is 20.6 Å². The van der Waals surface area contributed by atoms with Crippen LogP contribution in [0, 0.1) is 5.82 Å². The molecule has 1 atom stereocenters. The highest BCUT2D eigenvalue weighted by Crippen LogP contribution is 2.20. The smallest absolute Gasteiger partial charge is 0.242 e. The van der Waals surface area contributed by atoms with Gasteiger partial charge in [0.25, 0.3) is 0 Å². The predicted molar refractivity (Wildman–Crippen MR) is 82.4 cm³/mol. The quantitative estimate of drug-likeness (QED) is 0.845. The summed E-state index contributed by atoms with van der Waals surface area (Å²) in [6.45, 7) is 0.596. The number of carbonyl (C=O) groups is 1. The van der Waals surface area contributed by atoms with E-state index < -0.39 is 6.04 Å². The first-order valence-electron chi connectivity index (χ1n) is 7.45. The Morgan fingerprint density at radius 3 is 2.81 bits per heavy atom. The Bertz CT molecular complexity index is 525. The minimum absolute atomic E-state index is 0.0860. The van der Waals surface area contributed by atoms with Gasteiger partial charge in [0.1, 0.15) is 11.9 Å². The molecular weight excluding hydrogens is 267 g/mol. The number of rotatable bonds is 5. The third-order valence-electron chi connectivity index (χ3n) is 3.80. The second-order valence-electron chi connectivity index (χ2n) is 5.75. The lowest BCUT2D eigenvalue weighted by Gasteiger charge is -2.24. The van der Waals surface area contributed by atoms with Crippen LogP contribution in [-0.2, 0) is 4.79 Å². The molecule has 1 aliphatic rings. The fraction of sp³-hybridized carbons (Fsp3) is 0.471. The first-order valence-corrected chi connectivity index (χ1v) is 7.45. The number of amides is 1. The van der Waals surface area contributed by atoms with Crippen LogP contribution in [0.5, 0.6) is 0 Å². The lowest BCUT2D eigenvalue weighted by Crippen LogP contribution is -2.38. The highest BCUT2D eigenvalue weighted by Gasteiger charge is 2.23. The van der Waals surface area contributed by atoms with E-state index in [1.165, 1.54) is 30.5 Å². The lowest BCUT2D eigenvalue weighted by atomic mass is 9.99. The van der Waals surface area contributed by atoms with Crippen molar-refractivity contribution in [2.24, 2.45) is 0 Å². The highest BCUT2D eigenvalue weighted by molar-refractivity contribution is 5.83. The number of halogens is 1. The summed E-state index contributed by atoms with van der Waals surface area (Å²) in [7, 11) is 3.66. The van der Waals surface area contributed by atoms with Gasteiger partial charge in [0.05, 0.1) is 0 Å². The molecule has 0 aliphatic heterocycles. The normalized spacial score (nSPS) is 16.5. The lowest BCUT2D eigenvalue weighted by molar-refractivity contribution is -0.125. The van der Waals surface area contributed by atoms with Gasteiger partial charge in [-0.3, -0.25) is 9.69 Å². The Kier molecular flexibility index (Phi) is 5.51. The molecule has 0 heterocycles. The van der Waals surface area contributed by atoms with Crippen molar-refractivity contribution in [1.82, 2.24) is 10.2 Å². The zero-order valence-corrected chi connectivity index (χ0v) is 12.7. The van der Waals surface area contributed by atoms with E-state index in [9.17, 15) is 9.18 Å². The van der Waals surface area contributed by atoms with Crippen LogP contribution in [-0.4, -0.2) is 31.4 Å². The van der Waals surface area contributed by atoms with Gasteiger partial charge in [0, 0.05) is 6.54 Å². The van der Waals surface area contributed by atoms with Crippen molar-refractivity contribution in [1.29, 1.82) is 0 Å². The Morgan fingerprint density at radius 1 is 1.38 bits per heavy atom. The van der Waals surface area contributed by atoms with E-state index in [0.29, 0.717) is 12.1 Å². The van der Waals surface area contributed by atoms with Crippen molar-refractivity contribution >= 4 is 5.91 Å². The van der Waals surface area contributed by atoms with Crippen LogP contribution < -0.4 is 5.32 Å². The number of hydrogen-bond acceptors (Lipinski definition) is 2. The monoisotopic (exact) mass is 290 g/mol. The summed E-state index contributed by atoms with van der Waals surface area (Å²) in [5, 5.41) is 2.98. The molecule has 0 spiro atoms. The van der Waals surface area contributed by atoms with Gasteiger partial charge < -0.3 is 5.32 Å². The number of allylic oxidation sites excluding steroid dienone is 1. The molecule has 0 bridgehead atoms. The van der Waals surface area contributed by atoms with E-state index in [2.05, 4.69) is 11.4 Å². The molecule has 0 saturated carbocycles. The molecule has 0 saturated heterocycles. The number of hydrogen-bond donors (Lipinski definition) is 1. The first kappa shape index (κ1) is 15.7. The molecule has 2 rings (SSSR count). The van der Waals surface area contributed by atoms with Gasteiger partial charge in [-0.05, 0) is 57.5 Å². The molecule has 1 aromatic rings. The molecule has 0 fully saturated rings. The molecule has 21 heavy (non-hydrogen) atoms. The standard InChI is InChI=1S/C17H23FN2O/c1-20(2)16(14-9-6-10-15(18)11-14)17(21)19-12-13-7-4-3-5-8-13/h6-7,9-11,16H,3-5,8,12H2,1-2H3,(H,19,21). The van der Waals surface area contributed by atoms with E-state index in [0.717, 1.165) is 12.8 Å². The van der Waals surface area contributed by atoms with Gasteiger partial charge in [-0.1, -0.05) is 23.8 Å². The maximum Gasteiger partial charge on any atom is 0.242 e. The highest BCUT2D eigenvalue weighted by atomic mass is 19.1. The molecule has 114 valence electrons. The molecule has 0 aromatic heterocycles. The van der Waals surface area contributed by atoms with E-state index in [1.54, 1.807) is 17.0 Å². The SMILES string of the molecule is CN(C)C(C(=O)NCC1=CCCCC1)c1cccc(F)c1. The summed E-state index contributed by atoms with van der Waals surface area (Å²) >= 11 is 0. The molecule has 1 aliphatic carbocycles. The summed E-state index contributed by atoms with van der Waals surface area (Å²) in [5.41, 5.74) is 1.97. The molecule has 1 N–H and O–H groups in total. The van der Waals surface area contributed by atoms with Gasteiger partial charge in [-0.15, -0.1) is 0 Å². The second kappa shape index (κ2) is 7.36. The topological polar surface area (TPSA) is 32.3 Å². The van der Waals surface area contributed by atoms with Crippen LogP contribution >= 0.6 is 0 Å². The van der Waals surface area contributed by atoms with Crippen molar-refractivity contribution in [2.45, 2.75) is 31.7 Å². The number of benzene rings is 1. The average molecular weight is 290 g/mol. The van der Waals surface area contributed by atoms with E-state index in [4.69, 9.17) is 0 Å². The number of nitrogens with one attached hydrogen (secondary N) is 1. The van der Waals surface area contributed by atoms with Crippen LogP contribution in [0.2, 0.25) is 0 Å². The van der Waals surface area contributed by atoms with Crippen LogP contribution in [0.4, 0.5) is 4.39 Å². The third kappa shape index (κ3) is 4.39. The van der Waals surface area contributed by atoms with Crippen LogP contribution in [0.3, 0.4) is 0 Å². The number of likely N-dealkylation sites (N-methyl/N-ethyl adjacent to an activating group) is 1. The zero-order valence-electron chi connectivity index (χ0n) is 12.7. The number of nitrogens with zero attached hydrogens (tertiary/aromatic N) is 1. The van der Waals surface area contributed by atoms with Crippen LogP contribution in [0.25, 0.3) is 0 Å². The molecule has 1 amide bonds. The molecule has 0 radical (unpaired) electrons. The minimum atomic E-state index is -0.468. The Balaban J connectivity index is 2.04. The molecule has 1 aromatic carbocycles. The molecule has 4 heteroatoms. The largest absolute Gasteiger partial charge is 0.351 e. The van der Waals surface area contributed by atoms with Gasteiger partial charge in [0.2, 0.25) is 5.91 Å². The molecule has 3 nitrogen and oxygen atoms in total.